The van der Waals surface area contributed by atoms with Crippen LogP contribution in [0.2, 0.25) is 0 Å². The molecular weight excluding hydrogens is 203 g/mol. The molecule has 0 fully saturated rings. The maximum atomic E-state index is 13.3. The Bertz CT molecular complexity index is 443. The highest BCUT2D eigenvalue weighted by Crippen LogP contribution is 2.03. The molecule has 1 heterocycles. The SMILES string of the molecule is Fc1ccccc1C[NH2+]Cc1ccccn1. The summed E-state index contributed by atoms with van der Waals surface area (Å²) in [6.07, 6.45) is 1.77. The predicted octanol–water partition coefficient (Wildman–Crippen LogP) is 1.48. The molecule has 2 nitrogen and oxygen atoms in total. The van der Waals surface area contributed by atoms with E-state index in [9.17, 15) is 4.39 Å². The van der Waals surface area contributed by atoms with Crippen molar-refractivity contribution in [1.82, 2.24) is 4.98 Å². The van der Waals surface area contributed by atoms with Crippen molar-refractivity contribution >= 4 is 0 Å². The molecule has 0 aliphatic rings. The van der Waals surface area contributed by atoms with E-state index < -0.39 is 0 Å². The Hall–Kier alpha value is -1.74. The van der Waals surface area contributed by atoms with Crippen molar-refractivity contribution in [1.29, 1.82) is 0 Å². The molecule has 0 aliphatic heterocycles. The Morgan fingerprint density at radius 2 is 1.81 bits per heavy atom. The van der Waals surface area contributed by atoms with Crippen molar-refractivity contribution in [3.05, 3.63) is 65.7 Å². The summed E-state index contributed by atoms with van der Waals surface area (Å²) in [7, 11) is 0. The summed E-state index contributed by atoms with van der Waals surface area (Å²) in [4.78, 5) is 4.21. The third-order valence-corrected chi connectivity index (χ3v) is 2.40. The van der Waals surface area contributed by atoms with E-state index in [4.69, 9.17) is 0 Å². The van der Waals surface area contributed by atoms with Gasteiger partial charge < -0.3 is 5.32 Å². The zero-order chi connectivity index (χ0) is 11.2. The average molecular weight is 217 g/mol. The molecule has 0 saturated carbocycles. The van der Waals surface area contributed by atoms with Gasteiger partial charge in [0.1, 0.15) is 18.9 Å². The molecule has 2 N–H and O–H groups in total. The molecule has 2 aromatic rings. The van der Waals surface area contributed by atoms with E-state index in [-0.39, 0.29) is 5.82 Å². The van der Waals surface area contributed by atoms with Gasteiger partial charge in [-0.15, -0.1) is 0 Å². The van der Waals surface area contributed by atoms with Gasteiger partial charge >= 0.3 is 0 Å². The van der Waals surface area contributed by atoms with Gasteiger partial charge in [-0.3, -0.25) is 4.98 Å². The maximum Gasteiger partial charge on any atom is 0.132 e. The number of nitrogens with two attached hydrogens (primary N) is 1. The second-order valence-electron chi connectivity index (χ2n) is 3.61. The van der Waals surface area contributed by atoms with E-state index in [1.807, 2.05) is 35.6 Å². The number of rotatable bonds is 4. The summed E-state index contributed by atoms with van der Waals surface area (Å²) in [5.41, 5.74) is 1.75. The molecule has 0 aliphatic carbocycles. The van der Waals surface area contributed by atoms with Crippen LogP contribution in [-0.4, -0.2) is 4.98 Å². The van der Waals surface area contributed by atoms with E-state index in [0.29, 0.717) is 6.54 Å². The molecule has 0 bridgehead atoms. The van der Waals surface area contributed by atoms with Crippen LogP contribution < -0.4 is 5.32 Å². The van der Waals surface area contributed by atoms with E-state index in [1.165, 1.54) is 6.07 Å². The molecule has 1 aromatic carbocycles. The lowest BCUT2D eigenvalue weighted by molar-refractivity contribution is -0.687. The van der Waals surface area contributed by atoms with Gasteiger partial charge in [0, 0.05) is 11.8 Å². The van der Waals surface area contributed by atoms with Gasteiger partial charge in [0.25, 0.3) is 0 Å². The third kappa shape index (κ3) is 2.87. The molecule has 1 aromatic heterocycles. The summed E-state index contributed by atoms with van der Waals surface area (Å²) >= 11 is 0. The summed E-state index contributed by atoms with van der Waals surface area (Å²) in [5, 5.41) is 2.04. The van der Waals surface area contributed by atoms with Crippen LogP contribution in [0.1, 0.15) is 11.3 Å². The minimum atomic E-state index is -0.139. The molecule has 0 atom stereocenters. The van der Waals surface area contributed by atoms with E-state index in [2.05, 4.69) is 4.98 Å². The van der Waals surface area contributed by atoms with Gasteiger partial charge in [-0.25, -0.2) is 4.39 Å². The van der Waals surface area contributed by atoms with Gasteiger partial charge in [0.15, 0.2) is 0 Å². The normalized spacial score (nSPS) is 10.3. The lowest BCUT2D eigenvalue weighted by atomic mass is 10.2. The Labute approximate surface area is 94.2 Å². The Balaban J connectivity index is 1.87. The van der Waals surface area contributed by atoms with Crippen LogP contribution in [0.25, 0.3) is 0 Å². The molecule has 3 heteroatoms. The van der Waals surface area contributed by atoms with Crippen molar-refractivity contribution in [3.63, 3.8) is 0 Å². The first-order chi connectivity index (χ1) is 7.86. The second kappa shape index (κ2) is 5.37. The zero-order valence-electron chi connectivity index (χ0n) is 8.94. The van der Waals surface area contributed by atoms with Crippen molar-refractivity contribution in [2.75, 3.05) is 0 Å². The number of pyridine rings is 1. The molecule has 16 heavy (non-hydrogen) atoms. The fourth-order valence-electron chi connectivity index (χ4n) is 1.56. The number of benzene rings is 1. The third-order valence-electron chi connectivity index (χ3n) is 2.40. The molecule has 82 valence electrons. The van der Waals surface area contributed by atoms with E-state index in [0.717, 1.165) is 17.8 Å². The van der Waals surface area contributed by atoms with E-state index >= 15 is 0 Å². The molecule has 2 rings (SSSR count). The lowest BCUT2D eigenvalue weighted by Gasteiger charge is -2.02. The number of hydrogen-bond acceptors (Lipinski definition) is 1. The first-order valence-corrected chi connectivity index (χ1v) is 5.31. The number of hydrogen-bond donors (Lipinski definition) is 1. The van der Waals surface area contributed by atoms with Gasteiger partial charge in [0.2, 0.25) is 0 Å². The highest BCUT2D eigenvalue weighted by atomic mass is 19.1. The molecule has 0 amide bonds. The summed E-state index contributed by atoms with van der Waals surface area (Å²) in [5.74, 6) is -0.139. The van der Waals surface area contributed by atoms with Crippen LogP contribution in [-0.2, 0) is 13.1 Å². The number of nitrogens with zero attached hydrogens (tertiary/aromatic N) is 1. The number of quaternary nitrogens is 1. The Morgan fingerprint density at radius 1 is 1.00 bits per heavy atom. The zero-order valence-corrected chi connectivity index (χ0v) is 8.94. The fraction of sp³-hybridized carbons (Fsp3) is 0.154. The van der Waals surface area contributed by atoms with Gasteiger partial charge in [-0.2, -0.15) is 0 Å². The molecule has 0 saturated heterocycles. The minimum Gasteiger partial charge on any atom is -0.337 e. The maximum absolute atomic E-state index is 13.3. The summed E-state index contributed by atoms with van der Waals surface area (Å²) in [6.45, 7) is 1.42. The summed E-state index contributed by atoms with van der Waals surface area (Å²) < 4.78 is 13.3. The largest absolute Gasteiger partial charge is 0.337 e. The number of halogens is 1. The smallest absolute Gasteiger partial charge is 0.132 e. The first kappa shape index (κ1) is 10.8. The van der Waals surface area contributed by atoms with Crippen molar-refractivity contribution in [3.8, 4) is 0 Å². The van der Waals surface area contributed by atoms with Crippen molar-refractivity contribution in [2.24, 2.45) is 0 Å². The van der Waals surface area contributed by atoms with Crippen molar-refractivity contribution < 1.29 is 9.71 Å². The van der Waals surface area contributed by atoms with Gasteiger partial charge in [0.05, 0.1) is 5.69 Å². The standard InChI is InChI=1S/C13H13FN2/c14-13-7-2-1-5-11(13)9-15-10-12-6-3-4-8-16-12/h1-8,15H,9-10H2/p+1. The Kier molecular flexibility index (Phi) is 3.62. The monoisotopic (exact) mass is 217 g/mol. The van der Waals surface area contributed by atoms with Crippen molar-refractivity contribution in [2.45, 2.75) is 13.1 Å². The van der Waals surface area contributed by atoms with Crippen LogP contribution >= 0.6 is 0 Å². The summed E-state index contributed by atoms with van der Waals surface area (Å²) in [6, 6.07) is 12.7. The molecule has 0 unspecified atom stereocenters. The molecule has 0 radical (unpaired) electrons. The quantitative estimate of drug-likeness (QED) is 0.826. The van der Waals surface area contributed by atoms with E-state index in [1.54, 1.807) is 12.3 Å². The van der Waals surface area contributed by atoms with Crippen LogP contribution in [0.4, 0.5) is 4.39 Å². The highest BCUT2D eigenvalue weighted by Gasteiger charge is 2.02. The minimum absolute atomic E-state index is 0.139. The van der Waals surface area contributed by atoms with Crippen LogP contribution in [0.3, 0.4) is 0 Å². The second-order valence-corrected chi connectivity index (χ2v) is 3.61. The van der Waals surface area contributed by atoms with Crippen LogP contribution in [0, 0.1) is 5.82 Å². The van der Waals surface area contributed by atoms with Crippen LogP contribution in [0.5, 0.6) is 0 Å². The predicted molar refractivity (Wildman–Crippen MR) is 60.0 cm³/mol. The molecule has 0 spiro atoms. The first-order valence-electron chi connectivity index (χ1n) is 5.31. The fourth-order valence-corrected chi connectivity index (χ4v) is 1.56. The van der Waals surface area contributed by atoms with Crippen LogP contribution in [0.15, 0.2) is 48.7 Å². The molecular formula is C13H14FN2+. The number of aromatic nitrogens is 1. The van der Waals surface area contributed by atoms with Gasteiger partial charge in [-0.1, -0.05) is 24.3 Å². The highest BCUT2D eigenvalue weighted by molar-refractivity contribution is 5.15. The Morgan fingerprint density at radius 3 is 2.56 bits per heavy atom. The van der Waals surface area contributed by atoms with Gasteiger partial charge in [-0.05, 0) is 18.2 Å². The average Bonchev–Trinajstić information content (AvgIpc) is 2.33. The topological polar surface area (TPSA) is 29.5 Å². The lowest BCUT2D eigenvalue weighted by Crippen LogP contribution is -2.81.